The second kappa shape index (κ2) is 6.33. The number of nitrogens with zero attached hydrogens (tertiary/aromatic N) is 5. The van der Waals surface area contributed by atoms with Gasteiger partial charge in [-0.25, -0.2) is 4.98 Å². The van der Waals surface area contributed by atoms with Crippen molar-refractivity contribution in [1.82, 2.24) is 29.9 Å². The highest BCUT2D eigenvalue weighted by atomic mass is 16.5. The molecule has 8 heteroatoms. The van der Waals surface area contributed by atoms with Gasteiger partial charge in [-0.05, 0) is 25.2 Å². The number of likely N-dealkylation sites (N-methyl/N-ethyl adjacent to an activating group) is 1. The van der Waals surface area contributed by atoms with Gasteiger partial charge in [0.1, 0.15) is 5.82 Å². The lowest BCUT2D eigenvalue weighted by Crippen LogP contribution is -2.42. The maximum atomic E-state index is 6.24. The van der Waals surface area contributed by atoms with Crippen molar-refractivity contribution in [2.45, 2.75) is 12.6 Å². The summed E-state index contributed by atoms with van der Waals surface area (Å²) in [5.41, 5.74) is 10.1. The smallest absolute Gasteiger partial charge is 0.135 e. The van der Waals surface area contributed by atoms with Crippen molar-refractivity contribution < 1.29 is 4.74 Å². The van der Waals surface area contributed by atoms with E-state index in [1.54, 1.807) is 12.4 Å². The molecule has 1 fully saturated rings. The van der Waals surface area contributed by atoms with Crippen molar-refractivity contribution in [2.75, 3.05) is 32.5 Å². The molecule has 1 aliphatic heterocycles. The molecule has 1 unspecified atom stereocenters. The fourth-order valence-electron chi connectivity index (χ4n) is 3.76. The van der Waals surface area contributed by atoms with E-state index in [0.29, 0.717) is 12.4 Å². The molecule has 1 saturated heterocycles. The van der Waals surface area contributed by atoms with E-state index in [9.17, 15) is 0 Å². The van der Waals surface area contributed by atoms with Crippen LogP contribution in [0.1, 0.15) is 0 Å². The highest BCUT2D eigenvalue weighted by Gasteiger charge is 2.21. The van der Waals surface area contributed by atoms with Crippen LogP contribution in [0.5, 0.6) is 0 Å². The van der Waals surface area contributed by atoms with Gasteiger partial charge in [-0.3, -0.25) is 9.78 Å². The highest BCUT2D eigenvalue weighted by molar-refractivity contribution is 6.08. The maximum absolute atomic E-state index is 6.24. The lowest BCUT2D eigenvalue weighted by Gasteiger charge is -2.30. The molecule has 0 amide bonds. The van der Waals surface area contributed by atoms with E-state index in [1.165, 1.54) is 0 Å². The normalized spacial score (nSPS) is 18.5. The van der Waals surface area contributed by atoms with E-state index in [4.69, 9.17) is 10.5 Å². The number of aromatic nitrogens is 5. The number of pyridine rings is 1. The Balaban J connectivity index is 1.61. The van der Waals surface area contributed by atoms with Crippen LogP contribution >= 0.6 is 0 Å². The third-order valence-electron chi connectivity index (χ3n) is 5.14. The number of morpholine rings is 1. The molecule has 0 spiro atoms. The summed E-state index contributed by atoms with van der Waals surface area (Å²) < 4.78 is 7.92. The molecule has 3 N–H and O–H groups in total. The van der Waals surface area contributed by atoms with Gasteiger partial charge in [-0.15, -0.1) is 0 Å². The van der Waals surface area contributed by atoms with Crippen LogP contribution in [0.2, 0.25) is 0 Å². The number of nitrogens with two attached hydrogens (primary N) is 1. The van der Waals surface area contributed by atoms with Gasteiger partial charge in [0.25, 0.3) is 0 Å². The number of nitrogens with one attached hydrogen (secondary N) is 1. The van der Waals surface area contributed by atoms with E-state index >= 15 is 0 Å². The van der Waals surface area contributed by atoms with Crippen molar-refractivity contribution in [1.29, 1.82) is 0 Å². The fraction of sp³-hybridized carbons (Fsp3) is 0.316. The first-order valence-electron chi connectivity index (χ1n) is 9.03. The second-order valence-electron chi connectivity index (χ2n) is 7.04. The van der Waals surface area contributed by atoms with E-state index in [2.05, 4.69) is 44.4 Å². The Bertz CT molecular complexity index is 1100. The number of H-pyrrole nitrogens is 1. The van der Waals surface area contributed by atoms with Crippen LogP contribution in [-0.4, -0.2) is 62.7 Å². The topological polar surface area (TPSA) is 97.9 Å². The van der Waals surface area contributed by atoms with Gasteiger partial charge < -0.3 is 15.4 Å². The molecule has 5 rings (SSSR count). The number of rotatable bonds is 3. The Labute approximate surface area is 155 Å². The second-order valence-corrected chi connectivity index (χ2v) is 7.04. The van der Waals surface area contributed by atoms with Gasteiger partial charge in [0, 0.05) is 30.2 Å². The summed E-state index contributed by atoms with van der Waals surface area (Å²) in [5.74, 6) is 0.493. The average molecular weight is 363 g/mol. The zero-order valence-electron chi connectivity index (χ0n) is 15.1. The molecule has 27 heavy (non-hydrogen) atoms. The number of hydrogen-bond donors (Lipinski definition) is 2. The molecule has 4 aromatic rings. The molecule has 8 nitrogen and oxygen atoms in total. The number of ether oxygens (including phenoxy) is 1. The summed E-state index contributed by atoms with van der Waals surface area (Å²) in [6.07, 6.45) is 3.65. The van der Waals surface area contributed by atoms with Crippen LogP contribution in [0.15, 0.2) is 36.7 Å². The largest absolute Gasteiger partial charge is 0.383 e. The summed E-state index contributed by atoms with van der Waals surface area (Å²) in [6.45, 7) is 3.30. The predicted octanol–water partition coefficient (Wildman–Crippen LogP) is 1.89. The summed E-state index contributed by atoms with van der Waals surface area (Å²) in [7, 11) is 2.12. The molecular formula is C19H21N7O. The summed E-state index contributed by atoms with van der Waals surface area (Å²) in [5, 5.41) is 13.5. The summed E-state index contributed by atoms with van der Waals surface area (Å²) >= 11 is 0. The standard InChI is InChI=1S/C19H21N7O/c1-25-6-7-27-13(10-25)11-26-18-14-3-2-12(16-4-5-21-24-16)8-17(14)23-19(20)15(18)9-22-26/h2-5,8-9,13H,6-7,10-11H2,1H3,(H2,20,23)(H,21,24). The Hall–Kier alpha value is -2.97. The maximum Gasteiger partial charge on any atom is 0.135 e. The molecule has 1 aliphatic rings. The molecule has 0 saturated carbocycles. The fourth-order valence-corrected chi connectivity index (χ4v) is 3.76. The zero-order chi connectivity index (χ0) is 18.4. The van der Waals surface area contributed by atoms with Gasteiger partial charge in [-0.1, -0.05) is 6.07 Å². The zero-order valence-corrected chi connectivity index (χ0v) is 15.1. The molecule has 1 aromatic carbocycles. The van der Waals surface area contributed by atoms with Gasteiger partial charge in [0.2, 0.25) is 0 Å². The molecule has 1 atom stereocenters. The number of aromatic amines is 1. The SMILES string of the molecule is CN1CCOC(Cn2ncc3c(N)nc4cc(-c5ccn[nH]5)ccc4c32)C1. The molecule has 0 aliphatic carbocycles. The van der Waals surface area contributed by atoms with E-state index < -0.39 is 0 Å². The number of nitrogen functional groups attached to an aromatic ring is 1. The predicted molar refractivity (Wildman–Crippen MR) is 104 cm³/mol. The summed E-state index contributed by atoms with van der Waals surface area (Å²) in [6, 6.07) is 8.10. The number of anilines is 1. The highest BCUT2D eigenvalue weighted by Crippen LogP contribution is 2.30. The lowest BCUT2D eigenvalue weighted by atomic mass is 10.1. The lowest BCUT2D eigenvalue weighted by molar-refractivity contribution is -0.0284. The van der Waals surface area contributed by atoms with Crippen LogP contribution in [0.3, 0.4) is 0 Å². The molecule has 138 valence electrons. The van der Waals surface area contributed by atoms with Crippen LogP contribution in [0, 0.1) is 0 Å². The van der Waals surface area contributed by atoms with Gasteiger partial charge in [-0.2, -0.15) is 10.2 Å². The van der Waals surface area contributed by atoms with E-state index in [0.717, 1.165) is 52.8 Å². The van der Waals surface area contributed by atoms with Crippen LogP contribution < -0.4 is 5.73 Å². The van der Waals surface area contributed by atoms with Crippen LogP contribution in [-0.2, 0) is 11.3 Å². The van der Waals surface area contributed by atoms with Crippen LogP contribution in [0.4, 0.5) is 5.82 Å². The first-order chi connectivity index (χ1) is 13.2. The minimum atomic E-state index is 0.112. The number of benzene rings is 1. The molecule has 0 bridgehead atoms. The third kappa shape index (κ3) is 2.83. The quantitative estimate of drug-likeness (QED) is 0.577. The molecule has 3 aromatic heterocycles. The number of fused-ring (bicyclic) bond motifs is 3. The Morgan fingerprint density at radius 1 is 1.30 bits per heavy atom. The Kier molecular flexibility index (Phi) is 3.80. The minimum Gasteiger partial charge on any atom is -0.383 e. The molecular weight excluding hydrogens is 342 g/mol. The first-order valence-corrected chi connectivity index (χ1v) is 9.03. The van der Waals surface area contributed by atoms with E-state index in [-0.39, 0.29) is 6.10 Å². The van der Waals surface area contributed by atoms with Crippen LogP contribution in [0.25, 0.3) is 33.1 Å². The van der Waals surface area contributed by atoms with Gasteiger partial charge in [0.15, 0.2) is 0 Å². The van der Waals surface area contributed by atoms with Crippen molar-refractivity contribution >= 4 is 27.6 Å². The summed E-state index contributed by atoms with van der Waals surface area (Å²) in [4.78, 5) is 6.88. The first kappa shape index (κ1) is 16.2. The molecule has 0 radical (unpaired) electrons. The average Bonchev–Trinajstić information content (AvgIpc) is 3.32. The molecule has 4 heterocycles. The minimum absolute atomic E-state index is 0.112. The van der Waals surface area contributed by atoms with Crippen molar-refractivity contribution in [2.24, 2.45) is 0 Å². The Morgan fingerprint density at radius 2 is 2.22 bits per heavy atom. The monoisotopic (exact) mass is 363 g/mol. The van der Waals surface area contributed by atoms with Crippen molar-refractivity contribution in [3.8, 4) is 11.3 Å². The van der Waals surface area contributed by atoms with Gasteiger partial charge in [0.05, 0.1) is 47.6 Å². The van der Waals surface area contributed by atoms with E-state index in [1.807, 2.05) is 16.8 Å². The van der Waals surface area contributed by atoms with Gasteiger partial charge >= 0.3 is 0 Å². The van der Waals surface area contributed by atoms with Crippen molar-refractivity contribution in [3.05, 3.63) is 36.7 Å². The van der Waals surface area contributed by atoms with Crippen molar-refractivity contribution in [3.63, 3.8) is 0 Å². The number of hydrogen-bond acceptors (Lipinski definition) is 6. The third-order valence-corrected chi connectivity index (χ3v) is 5.14. The Morgan fingerprint density at radius 3 is 3.04 bits per heavy atom.